The van der Waals surface area contributed by atoms with Gasteiger partial charge in [0.05, 0.1) is 5.70 Å². The lowest BCUT2D eigenvalue weighted by Crippen LogP contribution is -2.15. The molecule has 0 aromatic heterocycles. The molecule has 0 amide bonds. The Labute approximate surface area is 119 Å². The molecule has 0 spiro atoms. The molecular formula is C16H20N4. The molecule has 0 saturated carbocycles. The second-order valence-electron chi connectivity index (χ2n) is 4.04. The van der Waals surface area contributed by atoms with Crippen molar-refractivity contribution < 1.29 is 0 Å². The van der Waals surface area contributed by atoms with Crippen LogP contribution in [0.1, 0.15) is 12.5 Å². The molecular weight excluding hydrogens is 248 g/mol. The summed E-state index contributed by atoms with van der Waals surface area (Å²) >= 11 is 0. The first-order valence-corrected chi connectivity index (χ1v) is 6.19. The number of hydrogen-bond acceptors (Lipinski definition) is 3. The minimum atomic E-state index is 0.312. The maximum atomic E-state index is 5.95. The van der Waals surface area contributed by atoms with Crippen molar-refractivity contribution in [2.45, 2.75) is 6.92 Å². The van der Waals surface area contributed by atoms with Crippen LogP contribution in [0.5, 0.6) is 0 Å². The van der Waals surface area contributed by atoms with Crippen molar-refractivity contribution in [3.63, 3.8) is 0 Å². The number of nitrogens with zero attached hydrogens (tertiary/aromatic N) is 1. The van der Waals surface area contributed by atoms with Crippen molar-refractivity contribution in [3.05, 3.63) is 78.2 Å². The molecule has 0 atom stereocenters. The van der Waals surface area contributed by atoms with E-state index < -0.39 is 0 Å². The number of aliphatic imine (C=N–C) groups is 1. The molecule has 1 rings (SSSR count). The largest absolute Gasteiger partial charge is 0.404 e. The summed E-state index contributed by atoms with van der Waals surface area (Å²) in [6, 6.07) is 7.27. The van der Waals surface area contributed by atoms with Crippen LogP contribution in [0, 0.1) is 0 Å². The number of anilines is 1. The first-order chi connectivity index (χ1) is 9.60. The molecule has 20 heavy (non-hydrogen) atoms. The average molecular weight is 268 g/mol. The van der Waals surface area contributed by atoms with E-state index in [1.54, 1.807) is 6.07 Å². The van der Waals surface area contributed by atoms with Crippen molar-refractivity contribution in [1.82, 2.24) is 0 Å². The Kier molecular flexibility index (Phi) is 5.84. The fraction of sp³-hybridized carbons (Fsp3) is 0.0625. The van der Waals surface area contributed by atoms with Crippen LogP contribution in [-0.4, -0.2) is 5.84 Å². The monoisotopic (exact) mass is 268 g/mol. The molecule has 0 aliphatic rings. The average Bonchev–Trinajstić information content (AvgIpc) is 2.43. The molecule has 0 aliphatic carbocycles. The Morgan fingerprint density at radius 1 is 1.25 bits per heavy atom. The lowest BCUT2D eigenvalue weighted by molar-refractivity contribution is 1.31. The van der Waals surface area contributed by atoms with Gasteiger partial charge in [-0.05, 0) is 19.1 Å². The molecule has 0 unspecified atom stereocenters. The number of hydrogen-bond donors (Lipinski definition) is 3. The Bertz CT molecular complexity index is 592. The summed E-state index contributed by atoms with van der Waals surface area (Å²) in [6.45, 7) is 5.80. The zero-order valence-corrected chi connectivity index (χ0v) is 11.6. The molecule has 0 saturated heterocycles. The standard InChI is InChI=1S/C16H20N4/c1-3-4-5-8-13(11-17)12(2)20-16(19)14-9-6-7-10-15(14)18/h3-11H,2,17-18H2,1H3,(H2,19,20)/b4-3-,8-5-,13-11-. The second kappa shape index (κ2) is 7.63. The number of nitrogen functional groups attached to an aromatic ring is 1. The lowest BCUT2D eigenvalue weighted by Gasteiger charge is -2.06. The number of amidine groups is 1. The van der Waals surface area contributed by atoms with Crippen molar-refractivity contribution in [2.75, 3.05) is 5.73 Å². The molecule has 0 bridgehead atoms. The number of para-hydroxylation sites is 1. The normalized spacial score (nSPS) is 13.2. The van der Waals surface area contributed by atoms with Crippen molar-refractivity contribution in [3.8, 4) is 0 Å². The highest BCUT2D eigenvalue weighted by Gasteiger charge is 2.04. The van der Waals surface area contributed by atoms with E-state index in [1.807, 2.05) is 49.4 Å². The van der Waals surface area contributed by atoms with E-state index in [-0.39, 0.29) is 0 Å². The number of rotatable bonds is 5. The van der Waals surface area contributed by atoms with Gasteiger partial charge in [-0.3, -0.25) is 0 Å². The zero-order chi connectivity index (χ0) is 15.0. The minimum absolute atomic E-state index is 0.312. The van der Waals surface area contributed by atoms with Gasteiger partial charge in [-0.15, -0.1) is 0 Å². The molecule has 4 heteroatoms. The summed E-state index contributed by atoms with van der Waals surface area (Å²) in [5.74, 6) is 0.312. The van der Waals surface area contributed by atoms with E-state index in [2.05, 4.69) is 11.6 Å². The molecule has 6 N–H and O–H groups in total. The molecule has 0 aliphatic heterocycles. The van der Waals surface area contributed by atoms with Gasteiger partial charge in [0.25, 0.3) is 0 Å². The van der Waals surface area contributed by atoms with E-state index >= 15 is 0 Å². The van der Waals surface area contributed by atoms with E-state index in [0.717, 1.165) is 0 Å². The molecule has 0 fully saturated rings. The third-order valence-corrected chi connectivity index (χ3v) is 2.58. The number of nitrogens with two attached hydrogens (primary N) is 3. The molecule has 0 radical (unpaired) electrons. The Hall–Kier alpha value is -2.75. The third-order valence-electron chi connectivity index (χ3n) is 2.58. The van der Waals surface area contributed by atoms with Crippen molar-refractivity contribution in [1.29, 1.82) is 0 Å². The SMILES string of the molecule is C=C(N=C(N)c1ccccc1N)C(/C=C\C=C/C)=C\N. The summed E-state index contributed by atoms with van der Waals surface area (Å²) in [6.07, 6.45) is 8.90. The first-order valence-electron chi connectivity index (χ1n) is 6.19. The molecule has 4 nitrogen and oxygen atoms in total. The highest BCUT2D eigenvalue weighted by atomic mass is 14.9. The Balaban J connectivity index is 2.98. The Morgan fingerprint density at radius 3 is 2.55 bits per heavy atom. The third kappa shape index (κ3) is 4.17. The van der Waals surface area contributed by atoms with Gasteiger partial charge in [0, 0.05) is 23.0 Å². The van der Waals surface area contributed by atoms with Gasteiger partial charge in [0.2, 0.25) is 0 Å². The summed E-state index contributed by atoms with van der Waals surface area (Å²) < 4.78 is 0. The fourth-order valence-corrected chi connectivity index (χ4v) is 1.52. The summed E-state index contributed by atoms with van der Waals surface area (Å²) in [5.41, 5.74) is 19.8. The predicted molar refractivity (Wildman–Crippen MR) is 86.9 cm³/mol. The maximum absolute atomic E-state index is 5.95. The smallest absolute Gasteiger partial charge is 0.133 e. The summed E-state index contributed by atoms with van der Waals surface area (Å²) in [7, 11) is 0. The highest BCUT2D eigenvalue weighted by Crippen LogP contribution is 2.14. The zero-order valence-electron chi connectivity index (χ0n) is 11.6. The van der Waals surface area contributed by atoms with Crippen LogP contribution >= 0.6 is 0 Å². The first kappa shape index (κ1) is 15.3. The quantitative estimate of drug-likeness (QED) is 0.331. The van der Waals surface area contributed by atoms with Crippen LogP contribution in [0.25, 0.3) is 0 Å². The molecule has 0 heterocycles. The van der Waals surface area contributed by atoms with Gasteiger partial charge in [0.15, 0.2) is 0 Å². The van der Waals surface area contributed by atoms with Crippen LogP contribution < -0.4 is 17.2 Å². The van der Waals surface area contributed by atoms with Crippen LogP contribution in [0.2, 0.25) is 0 Å². The fourth-order valence-electron chi connectivity index (χ4n) is 1.52. The molecule has 104 valence electrons. The van der Waals surface area contributed by atoms with E-state index in [1.165, 1.54) is 6.20 Å². The number of benzene rings is 1. The van der Waals surface area contributed by atoms with Gasteiger partial charge in [-0.2, -0.15) is 0 Å². The van der Waals surface area contributed by atoms with Crippen molar-refractivity contribution >= 4 is 11.5 Å². The predicted octanol–water partition coefficient (Wildman–Crippen LogP) is 2.46. The van der Waals surface area contributed by atoms with E-state index in [0.29, 0.717) is 28.4 Å². The molecule has 1 aromatic rings. The van der Waals surface area contributed by atoms with Gasteiger partial charge >= 0.3 is 0 Å². The minimum Gasteiger partial charge on any atom is -0.404 e. The van der Waals surface area contributed by atoms with Gasteiger partial charge in [0.1, 0.15) is 5.84 Å². The topological polar surface area (TPSA) is 90.4 Å². The van der Waals surface area contributed by atoms with Crippen LogP contribution in [0.3, 0.4) is 0 Å². The van der Waals surface area contributed by atoms with Gasteiger partial charge in [-0.1, -0.05) is 43.0 Å². The van der Waals surface area contributed by atoms with Crippen LogP contribution in [0.4, 0.5) is 5.69 Å². The highest BCUT2D eigenvalue weighted by molar-refractivity contribution is 6.02. The Morgan fingerprint density at radius 2 is 1.95 bits per heavy atom. The summed E-state index contributed by atoms with van der Waals surface area (Å²) in [4.78, 5) is 4.25. The van der Waals surface area contributed by atoms with Gasteiger partial charge < -0.3 is 17.2 Å². The van der Waals surface area contributed by atoms with Crippen LogP contribution in [-0.2, 0) is 0 Å². The van der Waals surface area contributed by atoms with E-state index in [4.69, 9.17) is 17.2 Å². The maximum Gasteiger partial charge on any atom is 0.133 e. The van der Waals surface area contributed by atoms with Crippen LogP contribution in [0.15, 0.2) is 77.6 Å². The van der Waals surface area contributed by atoms with E-state index in [9.17, 15) is 0 Å². The molecule has 1 aromatic carbocycles. The van der Waals surface area contributed by atoms with Crippen molar-refractivity contribution in [2.24, 2.45) is 16.5 Å². The summed E-state index contributed by atoms with van der Waals surface area (Å²) in [5, 5.41) is 0. The number of allylic oxidation sites excluding steroid dienone is 4. The lowest BCUT2D eigenvalue weighted by atomic mass is 10.1. The van der Waals surface area contributed by atoms with Gasteiger partial charge in [-0.25, -0.2) is 4.99 Å². The second-order valence-corrected chi connectivity index (χ2v) is 4.04.